The number of nitrogens with one attached hydrogen (secondary N) is 1. The number of hydrogen-bond donors (Lipinski definition) is 2. The van der Waals surface area contributed by atoms with Gasteiger partial charge in [0.25, 0.3) is 0 Å². The molecule has 0 aromatic rings. The van der Waals surface area contributed by atoms with Crippen molar-refractivity contribution in [2.24, 2.45) is 5.41 Å². The van der Waals surface area contributed by atoms with E-state index < -0.39 is 66.5 Å². The van der Waals surface area contributed by atoms with E-state index in [0.29, 0.717) is 19.3 Å². The topological polar surface area (TPSA) is 164 Å². The normalized spacial score (nSPS) is 19.9. The van der Waals surface area contributed by atoms with Gasteiger partial charge in [0, 0.05) is 40.5 Å². The Labute approximate surface area is 376 Å². The zero-order valence-electron chi connectivity index (χ0n) is 40.6. The number of hydrogen-bond acceptors (Lipinski definition) is 11. The van der Waals surface area contributed by atoms with Crippen molar-refractivity contribution < 1.29 is 52.8 Å². The molecular formula is C50H91NO11. The largest absolute Gasteiger partial charge is 0.463 e. The molecule has 0 saturated carbocycles. The minimum atomic E-state index is -1.32. The van der Waals surface area contributed by atoms with E-state index in [-0.39, 0.29) is 24.3 Å². The Hall–Kier alpha value is -2.73. The molecule has 12 nitrogen and oxygen atoms in total. The lowest BCUT2D eigenvalue weighted by molar-refractivity contribution is -0.254. The summed E-state index contributed by atoms with van der Waals surface area (Å²) in [5, 5.41) is 14.6. The highest BCUT2D eigenvalue weighted by atomic mass is 16.7. The fourth-order valence-electron chi connectivity index (χ4n) is 8.46. The Kier molecular flexibility index (Phi) is 32.0. The summed E-state index contributed by atoms with van der Waals surface area (Å²) in [4.78, 5) is 62.1. The monoisotopic (exact) mass is 882 g/mol. The predicted octanol–water partition coefficient (Wildman–Crippen LogP) is 10.9. The molecule has 2 N–H and O–H groups in total. The van der Waals surface area contributed by atoms with Crippen LogP contribution in [0.25, 0.3) is 0 Å². The maximum Gasteiger partial charge on any atom is 0.303 e. The van der Waals surface area contributed by atoms with Gasteiger partial charge in [0.2, 0.25) is 5.91 Å². The van der Waals surface area contributed by atoms with Gasteiger partial charge in [-0.25, -0.2) is 0 Å². The molecule has 1 unspecified atom stereocenters. The van der Waals surface area contributed by atoms with Gasteiger partial charge in [-0.1, -0.05) is 175 Å². The molecular weight excluding hydrogens is 791 g/mol. The van der Waals surface area contributed by atoms with E-state index in [1.807, 2.05) is 0 Å². The second-order valence-electron chi connectivity index (χ2n) is 19.2. The van der Waals surface area contributed by atoms with Crippen LogP contribution in [0.15, 0.2) is 0 Å². The molecule has 1 aliphatic rings. The van der Waals surface area contributed by atoms with Crippen LogP contribution in [-0.2, 0) is 47.7 Å². The lowest BCUT2D eigenvalue weighted by atomic mass is 9.86. The number of esters is 4. The molecule has 62 heavy (non-hydrogen) atoms. The van der Waals surface area contributed by atoms with Crippen molar-refractivity contribution in [1.82, 2.24) is 5.32 Å². The van der Waals surface area contributed by atoms with E-state index in [1.54, 1.807) is 0 Å². The number of aliphatic hydroxyl groups excluding tert-OH is 1. The van der Waals surface area contributed by atoms with Gasteiger partial charge in [-0.3, -0.25) is 24.0 Å². The second kappa shape index (κ2) is 34.6. The number of unbranched alkanes of at least 4 members (excludes halogenated alkanes) is 22. The third-order valence-corrected chi connectivity index (χ3v) is 11.8. The smallest absolute Gasteiger partial charge is 0.303 e. The van der Waals surface area contributed by atoms with Crippen LogP contribution in [0.1, 0.15) is 235 Å². The Morgan fingerprint density at radius 3 is 1.32 bits per heavy atom. The predicted molar refractivity (Wildman–Crippen MR) is 244 cm³/mol. The molecule has 1 saturated heterocycles. The van der Waals surface area contributed by atoms with Crippen molar-refractivity contribution in [3.8, 4) is 0 Å². The van der Waals surface area contributed by atoms with Crippen molar-refractivity contribution in [2.75, 3.05) is 6.61 Å². The van der Waals surface area contributed by atoms with Crippen molar-refractivity contribution in [1.29, 1.82) is 0 Å². The molecule has 362 valence electrons. The van der Waals surface area contributed by atoms with Crippen LogP contribution in [0.3, 0.4) is 0 Å². The first-order chi connectivity index (χ1) is 29.5. The van der Waals surface area contributed by atoms with Crippen LogP contribution in [0.5, 0.6) is 0 Å². The first kappa shape index (κ1) is 57.3. The van der Waals surface area contributed by atoms with Gasteiger partial charge >= 0.3 is 23.9 Å². The van der Waals surface area contributed by atoms with Crippen molar-refractivity contribution >= 4 is 29.8 Å². The van der Waals surface area contributed by atoms with E-state index in [4.69, 9.17) is 23.7 Å². The molecule has 0 spiro atoms. The number of aliphatic hydroxyl groups is 1. The average molecular weight is 882 g/mol. The van der Waals surface area contributed by atoms with Gasteiger partial charge in [-0.2, -0.15) is 0 Å². The number of carbonyl (C=O) groups is 5. The zero-order chi connectivity index (χ0) is 46.2. The highest BCUT2D eigenvalue weighted by Crippen LogP contribution is 2.33. The van der Waals surface area contributed by atoms with Crippen LogP contribution in [0.2, 0.25) is 0 Å². The lowest BCUT2D eigenvalue weighted by Crippen LogP contribution is -2.63. The summed E-state index contributed by atoms with van der Waals surface area (Å²) >= 11 is 0. The summed E-state index contributed by atoms with van der Waals surface area (Å²) in [6.45, 7) is 13.0. The minimum Gasteiger partial charge on any atom is -0.463 e. The Balaban J connectivity index is 2.62. The van der Waals surface area contributed by atoms with E-state index in [0.717, 1.165) is 32.1 Å². The molecule has 0 aromatic heterocycles. The fourth-order valence-corrected chi connectivity index (χ4v) is 8.46. The molecule has 1 heterocycles. The number of rotatable bonds is 36. The molecule has 1 rings (SSSR count). The molecule has 1 fully saturated rings. The summed E-state index contributed by atoms with van der Waals surface area (Å²) in [5.74, 6) is -2.96. The SMILES string of the molecule is CCCCCCCCCCCCCCCCCCCCCCCCCC(=O)N[C@H](CC1O[C@H](COC(C)=O)[C@H](OC(C)=O)[C@H](OC(C)=O)[C@H]1OC(C)=O)[C@H](O)CCCC(C)(C)C. The number of carbonyl (C=O) groups excluding carboxylic acids is 5. The Morgan fingerprint density at radius 2 is 0.935 bits per heavy atom. The molecule has 0 bridgehead atoms. The Bertz CT molecular complexity index is 1220. The number of ether oxygens (including phenoxy) is 5. The highest BCUT2D eigenvalue weighted by molar-refractivity contribution is 5.76. The van der Waals surface area contributed by atoms with E-state index in [1.165, 1.54) is 150 Å². The second-order valence-corrected chi connectivity index (χ2v) is 19.2. The Morgan fingerprint density at radius 1 is 0.548 bits per heavy atom. The molecule has 12 heteroatoms. The van der Waals surface area contributed by atoms with E-state index in [9.17, 15) is 29.1 Å². The summed E-state index contributed by atoms with van der Waals surface area (Å²) in [5.41, 5.74) is 0.0454. The molecule has 1 amide bonds. The van der Waals surface area contributed by atoms with E-state index in [2.05, 4.69) is 33.0 Å². The number of amides is 1. The maximum atomic E-state index is 13.4. The van der Waals surface area contributed by atoms with Gasteiger partial charge in [0.1, 0.15) is 18.8 Å². The third kappa shape index (κ3) is 29.6. The fraction of sp³-hybridized carbons (Fsp3) is 0.900. The maximum absolute atomic E-state index is 13.4. The zero-order valence-corrected chi connectivity index (χ0v) is 40.6. The molecule has 7 atom stereocenters. The van der Waals surface area contributed by atoms with Crippen molar-refractivity contribution in [2.45, 2.75) is 278 Å². The van der Waals surface area contributed by atoms with Crippen LogP contribution < -0.4 is 5.32 Å². The van der Waals surface area contributed by atoms with Gasteiger partial charge < -0.3 is 34.1 Å². The summed E-state index contributed by atoms with van der Waals surface area (Å²) in [6, 6.07) is -0.812. The van der Waals surface area contributed by atoms with Gasteiger partial charge in [0.15, 0.2) is 18.3 Å². The first-order valence-corrected chi connectivity index (χ1v) is 24.8. The summed E-state index contributed by atoms with van der Waals surface area (Å²) in [7, 11) is 0. The lowest BCUT2D eigenvalue weighted by Gasteiger charge is -2.45. The quantitative estimate of drug-likeness (QED) is 0.0350. The molecule has 1 aliphatic heterocycles. The van der Waals surface area contributed by atoms with Crippen LogP contribution in [-0.4, -0.2) is 84.2 Å². The van der Waals surface area contributed by atoms with E-state index >= 15 is 0 Å². The first-order valence-electron chi connectivity index (χ1n) is 24.8. The molecule has 0 radical (unpaired) electrons. The van der Waals surface area contributed by atoms with Crippen LogP contribution >= 0.6 is 0 Å². The molecule has 0 aromatic carbocycles. The van der Waals surface area contributed by atoms with Gasteiger partial charge in [-0.15, -0.1) is 0 Å². The van der Waals surface area contributed by atoms with Crippen LogP contribution in [0.4, 0.5) is 0 Å². The highest BCUT2D eigenvalue weighted by Gasteiger charge is 2.52. The van der Waals surface area contributed by atoms with Crippen molar-refractivity contribution in [3.05, 3.63) is 0 Å². The van der Waals surface area contributed by atoms with Gasteiger partial charge in [0.05, 0.1) is 12.1 Å². The summed E-state index contributed by atoms with van der Waals surface area (Å²) in [6.07, 6.45) is 25.1. The average Bonchev–Trinajstić information content (AvgIpc) is 3.18. The van der Waals surface area contributed by atoms with Crippen LogP contribution in [0, 0.1) is 5.41 Å². The standard InChI is InChI=1S/C50H91NO11/c1-9-10-11-12-13-14-15-16-17-18-19-20-21-22-23-24-25-26-27-28-29-30-31-34-46(57)51-42(43(56)33-32-35-50(6,7)8)36-44-47(59-39(3)53)49(61-41(5)55)48(60-40(4)54)45(62-44)37-58-38(2)52/h42-45,47-49,56H,9-37H2,1-8H3,(H,51,57)/t42-,43-,44?,45-,47+,48+,49-/m1/s1. The summed E-state index contributed by atoms with van der Waals surface area (Å²) < 4.78 is 28.3. The third-order valence-electron chi connectivity index (χ3n) is 11.8. The molecule has 0 aliphatic carbocycles. The minimum absolute atomic E-state index is 0.0269. The van der Waals surface area contributed by atoms with Gasteiger partial charge in [-0.05, 0) is 24.7 Å². The van der Waals surface area contributed by atoms with Crippen molar-refractivity contribution in [3.63, 3.8) is 0 Å².